The third-order valence-electron chi connectivity index (χ3n) is 5.35. The van der Waals surface area contributed by atoms with Gasteiger partial charge in [0.25, 0.3) is 0 Å². The number of benzene rings is 3. The third-order valence-corrected chi connectivity index (χ3v) is 5.35. The molecule has 0 bridgehead atoms. The predicted octanol–water partition coefficient (Wildman–Crippen LogP) is 3.73. The van der Waals surface area contributed by atoms with Gasteiger partial charge in [-0.05, 0) is 65.4 Å². The lowest BCUT2D eigenvalue weighted by molar-refractivity contribution is 0.0677. The number of aliphatic hydroxyl groups excluding tert-OH is 1. The van der Waals surface area contributed by atoms with Gasteiger partial charge in [0.2, 0.25) is 0 Å². The van der Waals surface area contributed by atoms with Crippen molar-refractivity contribution in [3.8, 4) is 22.6 Å². The molecule has 0 radical (unpaired) electrons. The van der Waals surface area contributed by atoms with E-state index < -0.39 is 5.41 Å². The van der Waals surface area contributed by atoms with E-state index in [1.165, 1.54) is 0 Å². The van der Waals surface area contributed by atoms with Crippen LogP contribution in [0.4, 0.5) is 0 Å². The van der Waals surface area contributed by atoms with Gasteiger partial charge in [0.1, 0.15) is 11.5 Å². The maximum Gasteiger partial charge on any atom is 0.172 e. The van der Waals surface area contributed by atoms with Gasteiger partial charge < -0.3 is 15.3 Å². The summed E-state index contributed by atoms with van der Waals surface area (Å²) in [5.74, 6) is 0.328. The Kier molecular flexibility index (Phi) is 4.21. The van der Waals surface area contributed by atoms with Crippen molar-refractivity contribution in [3.63, 3.8) is 0 Å². The molecule has 4 nitrogen and oxygen atoms in total. The topological polar surface area (TPSA) is 77.8 Å². The van der Waals surface area contributed by atoms with E-state index in [2.05, 4.69) is 0 Å². The average Bonchev–Trinajstić information content (AvgIpc) is 2.96. The van der Waals surface area contributed by atoms with Gasteiger partial charge in [-0.25, -0.2) is 0 Å². The number of aromatic hydroxyl groups is 2. The van der Waals surface area contributed by atoms with E-state index >= 15 is 0 Å². The highest BCUT2D eigenvalue weighted by Crippen LogP contribution is 2.41. The number of Topliss-reactive ketones (excluding diaryl/α,β-unsaturated/α-hetero) is 1. The van der Waals surface area contributed by atoms with Gasteiger partial charge in [0.05, 0.1) is 12.0 Å². The maximum absolute atomic E-state index is 13.2. The molecular formula is C23H20O4. The molecule has 0 spiro atoms. The number of phenolic OH excluding ortho intramolecular Hbond substituents is 2. The number of phenols is 2. The standard InChI is InChI=1S/C23H20O4/c24-14-23(12-15-1-7-19(25)8-2-15)13-18-4-3-17(11-21(18)22(23)27)16-5-9-20(26)10-6-16/h1-11,24-26H,12-14H2/t23-/m0/s1. The number of carbonyl (C=O) groups is 1. The molecule has 1 aliphatic rings. The number of aliphatic hydroxyl groups is 1. The molecule has 0 saturated carbocycles. The van der Waals surface area contributed by atoms with Crippen LogP contribution < -0.4 is 0 Å². The summed E-state index contributed by atoms with van der Waals surface area (Å²) in [6.45, 7) is -0.226. The number of fused-ring (bicyclic) bond motifs is 1. The number of rotatable bonds is 4. The third kappa shape index (κ3) is 3.09. The number of ketones is 1. The molecule has 0 unspecified atom stereocenters. The molecule has 0 aromatic heterocycles. The second-order valence-electron chi connectivity index (χ2n) is 7.21. The second-order valence-corrected chi connectivity index (χ2v) is 7.21. The Hall–Kier alpha value is -3.11. The fourth-order valence-electron chi connectivity index (χ4n) is 3.84. The van der Waals surface area contributed by atoms with E-state index in [0.29, 0.717) is 18.4 Å². The first-order valence-electron chi connectivity index (χ1n) is 8.87. The Morgan fingerprint density at radius 1 is 0.815 bits per heavy atom. The lowest BCUT2D eigenvalue weighted by Crippen LogP contribution is -2.34. The molecule has 1 atom stereocenters. The monoisotopic (exact) mass is 360 g/mol. The Morgan fingerprint density at radius 2 is 1.41 bits per heavy atom. The molecule has 0 aliphatic heterocycles. The molecule has 3 aromatic rings. The lowest BCUT2D eigenvalue weighted by atomic mass is 9.78. The zero-order chi connectivity index (χ0) is 19.0. The van der Waals surface area contributed by atoms with Gasteiger partial charge in [0, 0.05) is 5.56 Å². The second kappa shape index (κ2) is 6.56. The summed E-state index contributed by atoms with van der Waals surface area (Å²) in [7, 11) is 0. The zero-order valence-corrected chi connectivity index (χ0v) is 14.7. The normalized spacial score (nSPS) is 18.5. The maximum atomic E-state index is 13.2. The Morgan fingerprint density at radius 3 is 2.04 bits per heavy atom. The highest BCUT2D eigenvalue weighted by Gasteiger charge is 2.45. The van der Waals surface area contributed by atoms with Crippen LogP contribution in [0.25, 0.3) is 11.1 Å². The van der Waals surface area contributed by atoms with Crippen molar-refractivity contribution in [1.29, 1.82) is 0 Å². The zero-order valence-electron chi connectivity index (χ0n) is 14.7. The predicted molar refractivity (Wildman–Crippen MR) is 103 cm³/mol. The molecule has 4 heteroatoms. The van der Waals surface area contributed by atoms with Gasteiger partial charge in [-0.15, -0.1) is 0 Å². The first-order chi connectivity index (χ1) is 13.0. The van der Waals surface area contributed by atoms with Crippen LogP contribution in [0.3, 0.4) is 0 Å². The molecule has 1 aliphatic carbocycles. The molecule has 3 aromatic carbocycles. The fourth-order valence-corrected chi connectivity index (χ4v) is 3.84. The van der Waals surface area contributed by atoms with Crippen LogP contribution in [0, 0.1) is 5.41 Å². The van der Waals surface area contributed by atoms with Crippen LogP contribution in [0.15, 0.2) is 66.7 Å². The van der Waals surface area contributed by atoms with Crippen molar-refractivity contribution in [2.24, 2.45) is 5.41 Å². The van der Waals surface area contributed by atoms with Crippen molar-refractivity contribution in [1.82, 2.24) is 0 Å². The SMILES string of the molecule is O=C1c2cc(-c3ccc(O)cc3)ccc2C[C@]1(CO)Cc1ccc(O)cc1. The van der Waals surface area contributed by atoms with Gasteiger partial charge in [-0.3, -0.25) is 4.79 Å². The molecule has 4 rings (SSSR count). The molecule has 0 saturated heterocycles. The Balaban J connectivity index is 1.68. The van der Waals surface area contributed by atoms with Crippen molar-refractivity contribution in [2.75, 3.05) is 6.61 Å². The van der Waals surface area contributed by atoms with E-state index in [0.717, 1.165) is 22.3 Å². The van der Waals surface area contributed by atoms with E-state index in [4.69, 9.17) is 0 Å². The van der Waals surface area contributed by atoms with E-state index in [-0.39, 0.29) is 23.9 Å². The van der Waals surface area contributed by atoms with Gasteiger partial charge in [0.15, 0.2) is 5.78 Å². The fraction of sp³-hybridized carbons (Fsp3) is 0.174. The molecule has 0 amide bonds. The quantitative estimate of drug-likeness (QED) is 0.663. The van der Waals surface area contributed by atoms with Gasteiger partial charge in [-0.1, -0.05) is 36.4 Å². The van der Waals surface area contributed by atoms with Crippen molar-refractivity contribution < 1.29 is 20.1 Å². The van der Waals surface area contributed by atoms with Crippen LogP contribution in [0.5, 0.6) is 11.5 Å². The minimum Gasteiger partial charge on any atom is -0.508 e. The first kappa shape index (κ1) is 17.3. The Labute approximate surface area is 157 Å². The summed E-state index contributed by atoms with van der Waals surface area (Å²) < 4.78 is 0. The molecule has 3 N–H and O–H groups in total. The van der Waals surface area contributed by atoms with Crippen LogP contribution in [-0.4, -0.2) is 27.7 Å². The smallest absolute Gasteiger partial charge is 0.172 e. The number of hydrogen-bond donors (Lipinski definition) is 3. The van der Waals surface area contributed by atoms with Gasteiger partial charge >= 0.3 is 0 Å². The van der Waals surface area contributed by atoms with Crippen LogP contribution in [-0.2, 0) is 12.8 Å². The first-order valence-corrected chi connectivity index (χ1v) is 8.87. The summed E-state index contributed by atoms with van der Waals surface area (Å²) in [5, 5.41) is 29.0. The largest absolute Gasteiger partial charge is 0.508 e. The van der Waals surface area contributed by atoms with Crippen molar-refractivity contribution in [3.05, 3.63) is 83.4 Å². The van der Waals surface area contributed by atoms with Crippen LogP contribution >= 0.6 is 0 Å². The average molecular weight is 360 g/mol. The minimum atomic E-state index is -0.868. The molecule has 0 fully saturated rings. The van der Waals surface area contributed by atoms with E-state index in [9.17, 15) is 20.1 Å². The van der Waals surface area contributed by atoms with E-state index in [1.54, 1.807) is 36.4 Å². The highest BCUT2D eigenvalue weighted by atomic mass is 16.3. The van der Waals surface area contributed by atoms with Crippen LogP contribution in [0.2, 0.25) is 0 Å². The Bertz CT molecular complexity index is 990. The number of carbonyl (C=O) groups excluding carboxylic acids is 1. The highest BCUT2D eigenvalue weighted by molar-refractivity contribution is 6.06. The molecule has 0 heterocycles. The van der Waals surface area contributed by atoms with Gasteiger partial charge in [-0.2, -0.15) is 0 Å². The summed E-state index contributed by atoms with van der Waals surface area (Å²) in [6.07, 6.45) is 0.917. The van der Waals surface area contributed by atoms with Crippen LogP contribution in [0.1, 0.15) is 21.5 Å². The van der Waals surface area contributed by atoms with Crippen molar-refractivity contribution in [2.45, 2.75) is 12.8 Å². The summed E-state index contributed by atoms with van der Waals surface area (Å²) >= 11 is 0. The molecule has 27 heavy (non-hydrogen) atoms. The molecular weight excluding hydrogens is 340 g/mol. The van der Waals surface area contributed by atoms with E-state index in [1.807, 2.05) is 30.3 Å². The van der Waals surface area contributed by atoms with Crippen molar-refractivity contribution >= 4 is 5.78 Å². The summed E-state index contributed by atoms with van der Waals surface area (Å²) in [4.78, 5) is 13.2. The number of hydrogen-bond acceptors (Lipinski definition) is 4. The molecule has 136 valence electrons. The minimum absolute atomic E-state index is 0.0475. The summed E-state index contributed by atoms with van der Waals surface area (Å²) in [5.41, 5.74) is 3.45. The summed E-state index contributed by atoms with van der Waals surface area (Å²) in [6, 6.07) is 19.4. The lowest BCUT2D eigenvalue weighted by Gasteiger charge is -2.25.